The van der Waals surface area contributed by atoms with Gasteiger partial charge in [-0.2, -0.15) is 11.8 Å². The van der Waals surface area contributed by atoms with E-state index >= 15 is 0 Å². The van der Waals surface area contributed by atoms with Crippen molar-refractivity contribution in [2.45, 2.75) is 6.04 Å². The highest BCUT2D eigenvalue weighted by Crippen LogP contribution is 2.23. The SMILES string of the molecule is CSCC(=O)N1CCNCC1c1cccc(F)c1. The van der Waals surface area contributed by atoms with Crippen molar-refractivity contribution in [2.24, 2.45) is 0 Å². The maximum absolute atomic E-state index is 13.3. The van der Waals surface area contributed by atoms with Crippen LogP contribution < -0.4 is 5.32 Å². The third-order valence-corrected chi connectivity index (χ3v) is 3.60. The van der Waals surface area contributed by atoms with Crippen LogP contribution in [0.1, 0.15) is 11.6 Å². The van der Waals surface area contributed by atoms with Crippen LogP contribution >= 0.6 is 11.8 Å². The van der Waals surface area contributed by atoms with Gasteiger partial charge in [0.15, 0.2) is 0 Å². The Morgan fingerprint density at radius 2 is 2.44 bits per heavy atom. The van der Waals surface area contributed by atoms with Crippen molar-refractivity contribution in [3.05, 3.63) is 35.6 Å². The number of carbonyl (C=O) groups excluding carboxylic acids is 1. The zero-order chi connectivity index (χ0) is 13.0. The van der Waals surface area contributed by atoms with Gasteiger partial charge in [-0.05, 0) is 24.0 Å². The quantitative estimate of drug-likeness (QED) is 0.905. The zero-order valence-corrected chi connectivity index (χ0v) is 11.2. The number of hydrogen-bond donors (Lipinski definition) is 1. The van der Waals surface area contributed by atoms with Gasteiger partial charge in [0.05, 0.1) is 11.8 Å². The molecule has 0 radical (unpaired) electrons. The first-order valence-corrected chi connectivity index (χ1v) is 7.36. The molecule has 1 heterocycles. The van der Waals surface area contributed by atoms with Gasteiger partial charge in [0.2, 0.25) is 5.91 Å². The largest absolute Gasteiger partial charge is 0.332 e. The van der Waals surface area contributed by atoms with E-state index in [1.54, 1.807) is 6.07 Å². The summed E-state index contributed by atoms with van der Waals surface area (Å²) in [6.07, 6.45) is 1.91. The van der Waals surface area contributed by atoms with E-state index < -0.39 is 0 Å². The summed E-state index contributed by atoms with van der Waals surface area (Å²) in [6, 6.07) is 6.44. The lowest BCUT2D eigenvalue weighted by Gasteiger charge is -2.36. The molecule has 1 fully saturated rings. The lowest BCUT2D eigenvalue weighted by atomic mass is 10.0. The number of rotatable bonds is 3. The molecule has 1 aliphatic rings. The monoisotopic (exact) mass is 268 g/mol. The lowest BCUT2D eigenvalue weighted by molar-refractivity contribution is -0.131. The number of halogens is 1. The molecule has 0 bridgehead atoms. The fourth-order valence-electron chi connectivity index (χ4n) is 2.22. The van der Waals surface area contributed by atoms with Crippen LogP contribution in [0, 0.1) is 5.82 Å². The fraction of sp³-hybridized carbons (Fsp3) is 0.462. The van der Waals surface area contributed by atoms with Crippen molar-refractivity contribution < 1.29 is 9.18 Å². The van der Waals surface area contributed by atoms with Gasteiger partial charge in [-0.15, -0.1) is 0 Å². The summed E-state index contributed by atoms with van der Waals surface area (Å²) < 4.78 is 13.3. The van der Waals surface area contributed by atoms with Crippen LogP contribution in [0.5, 0.6) is 0 Å². The number of amides is 1. The topological polar surface area (TPSA) is 32.3 Å². The van der Waals surface area contributed by atoms with Crippen molar-refractivity contribution >= 4 is 17.7 Å². The van der Waals surface area contributed by atoms with Crippen molar-refractivity contribution in [1.29, 1.82) is 0 Å². The molecule has 3 nitrogen and oxygen atoms in total. The predicted molar refractivity (Wildman–Crippen MR) is 72.1 cm³/mol. The van der Waals surface area contributed by atoms with Crippen molar-refractivity contribution in [3.63, 3.8) is 0 Å². The Hall–Kier alpha value is -1.07. The van der Waals surface area contributed by atoms with E-state index in [4.69, 9.17) is 0 Å². The molecule has 5 heteroatoms. The molecule has 0 aromatic heterocycles. The van der Waals surface area contributed by atoms with Crippen molar-refractivity contribution in [2.75, 3.05) is 31.6 Å². The minimum Gasteiger partial charge on any atom is -0.332 e. The number of nitrogens with one attached hydrogen (secondary N) is 1. The standard InChI is InChI=1S/C13H17FN2OS/c1-18-9-13(17)16-6-5-15-8-12(16)10-3-2-4-11(14)7-10/h2-4,7,12,15H,5-6,8-9H2,1H3. The molecule has 0 saturated carbocycles. The molecule has 1 unspecified atom stereocenters. The minimum absolute atomic E-state index is 0.0610. The predicted octanol–water partition coefficient (Wildman–Crippen LogP) is 1.66. The fourth-order valence-corrected chi connectivity index (χ4v) is 2.63. The average Bonchev–Trinajstić information content (AvgIpc) is 2.39. The smallest absolute Gasteiger partial charge is 0.233 e. The normalized spacial score (nSPS) is 19.9. The van der Waals surface area contributed by atoms with Gasteiger partial charge >= 0.3 is 0 Å². The summed E-state index contributed by atoms with van der Waals surface area (Å²) in [4.78, 5) is 13.9. The van der Waals surface area contributed by atoms with Gasteiger partial charge in [0.1, 0.15) is 5.82 Å². The van der Waals surface area contributed by atoms with E-state index in [1.165, 1.54) is 23.9 Å². The summed E-state index contributed by atoms with van der Waals surface area (Å²) in [6.45, 7) is 2.16. The van der Waals surface area contributed by atoms with E-state index in [0.717, 1.165) is 12.1 Å². The van der Waals surface area contributed by atoms with E-state index in [0.29, 0.717) is 18.8 Å². The average molecular weight is 268 g/mol. The second kappa shape index (κ2) is 6.20. The van der Waals surface area contributed by atoms with Crippen LogP contribution in [0.25, 0.3) is 0 Å². The molecular formula is C13H17FN2OS. The molecule has 0 aliphatic carbocycles. The second-order valence-corrected chi connectivity index (χ2v) is 5.16. The Kier molecular flexibility index (Phi) is 4.60. The first-order chi connectivity index (χ1) is 8.72. The van der Waals surface area contributed by atoms with E-state index in [9.17, 15) is 9.18 Å². The van der Waals surface area contributed by atoms with Crippen LogP contribution in [0.15, 0.2) is 24.3 Å². The van der Waals surface area contributed by atoms with E-state index in [2.05, 4.69) is 5.32 Å². The van der Waals surface area contributed by atoms with E-state index in [-0.39, 0.29) is 17.8 Å². The molecule has 2 rings (SSSR count). The number of piperazine rings is 1. The van der Waals surface area contributed by atoms with Gasteiger partial charge in [-0.1, -0.05) is 12.1 Å². The van der Waals surface area contributed by atoms with Crippen LogP contribution in [-0.4, -0.2) is 42.4 Å². The van der Waals surface area contributed by atoms with Crippen LogP contribution in [0.3, 0.4) is 0 Å². The number of hydrogen-bond acceptors (Lipinski definition) is 3. The summed E-state index contributed by atoms with van der Waals surface area (Å²) in [5.74, 6) is 0.347. The van der Waals surface area contributed by atoms with Gasteiger partial charge in [-0.3, -0.25) is 4.79 Å². The highest BCUT2D eigenvalue weighted by Gasteiger charge is 2.27. The van der Waals surface area contributed by atoms with Gasteiger partial charge in [-0.25, -0.2) is 4.39 Å². The molecule has 1 aromatic rings. The summed E-state index contributed by atoms with van der Waals surface area (Å²) >= 11 is 1.52. The third kappa shape index (κ3) is 3.03. The Balaban J connectivity index is 2.20. The maximum Gasteiger partial charge on any atom is 0.233 e. The Morgan fingerprint density at radius 1 is 1.61 bits per heavy atom. The van der Waals surface area contributed by atoms with Gasteiger partial charge in [0.25, 0.3) is 0 Å². The Morgan fingerprint density at radius 3 is 3.17 bits per heavy atom. The molecular weight excluding hydrogens is 251 g/mol. The highest BCUT2D eigenvalue weighted by molar-refractivity contribution is 7.99. The molecule has 1 aromatic carbocycles. The van der Waals surface area contributed by atoms with Crippen LogP contribution in [-0.2, 0) is 4.79 Å². The summed E-state index contributed by atoms with van der Waals surface area (Å²) in [5, 5.41) is 3.26. The first kappa shape index (κ1) is 13.4. The molecule has 1 amide bonds. The van der Waals surface area contributed by atoms with Crippen molar-refractivity contribution in [1.82, 2.24) is 10.2 Å². The second-order valence-electron chi connectivity index (χ2n) is 4.30. The molecule has 18 heavy (non-hydrogen) atoms. The molecule has 1 saturated heterocycles. The number of nitrogens with zero attached hydrogens (tertiary/aromatic N) is 1. The molecule has 1 N–H and O–H groups in total. The molecule has 0 spiro atoms. The van der Waals surface area contributed by atoms with Crippen LogP contribution in [0.2, 0.25) is 0 Å². The lowest BCUT2D eigenvalue weighted by Crippen LogP contribution is -2.49. The zero-order valence-electron chi connectivity index (χ0n) is 10.4. The molecule has 1 atom stereocenters. The van der Waals surface area contributed by atoms with Crippen LogP contribution in [0.4, 0.5) is 4.39 Å². The first-order valence-electron chi connectivity index (χ1n) is 5.97. The number of benzene rings is 1. The number of carbonyl (C=O) groups is 1. The van der Waals surface area contributed by atoms with Gasteiger partial charge < -0.3 is 10.2 Å². The summed E-state index contributed by atoms with van der Waals surface area (Å²) in [5.41, 5.74) is 0.858. The highest BCUT2D eigenvalue weighted by atomic mass is 32.2. The molecule has 98 valence electrons. The van der Waals surface area contributed by atoms with E-state index in [1.807, 2.05) is 17.2 Å². The molecule has 1 aliphatic heterocycles. The minimum atomic E-state index is -0.254. The third-order valence-electron chi connectivity index (χ3n) is 3.06. The van der Waals surface area contributed by atoms with Crippen molar-refractivity contribution in [3.8, 4) is 0 Å². The number of thioether (sulfide) groups is 1. The Bertz CT molecular complexity index is 427. The summed E-state index contributed by atoms with van der Waals surface area (Å²) in [7, 11) is 0. The maximum atomic E-state index is 13.3. The van der Waals surface area contributed by atoms with Gasteiger partial charge in [0, 0.05) is 19.6 Å². The Labute approximate surface area is 111 Å².